The van der Waals surface area contributed by atoms with Gasteiger partial charge in [-0.25, -0.2) is 0 Å². The molecule has 1 saturated heterocycles. The molecule has 1 aliphatic heterocycles. The Morgan fingerprint density at radius 2 is 1.50 bits per heavy atom. The van der Waals surface area contributed by atoms with Gasteiger partial charge in [0, 0.05) is 5.57 Å². The van der Waals surface area contributed by atoms with Gasteiger partial charge in [0.05, 0.1) is 14.2 Å². The van der Waals surface area contributed by atoms with Crippen LogP contribution < -0.4 is 9.47 Å². The fourth-order valence-corrected chi connectivity index (χ4v) is 6.20. The van der Waals surface area contributed by atoms with E-state index in [0.717, 1.165) is 56.9 Å². The zero-order chi connectivity index (χ0) is 20.9. The predicted molar refractivity (Wildman–Crippen MR) is 130 cm³/mol. The summed E-state index contributed by atoms with van der Waals surface area (Å²) < 4.78 is 10.6. The minimum Gasteiger partial charge on any atom is -0.497 e. The van der Waals surface area contributed by atoms with E-state index in [4.69, 9.17) is 9.47 Å². The standard InChI is InChI=1S/C25H24O3S2/c1-27-21-9-4-17(5-10-21)14-23(24(26)25-29-12-3-13-30-25)20-7-6-19-16-22(28-2)11-8-18(19)15-20/h4-11,14-16,25H,3,12-13H2,1-2H3/b23-14+. The summed E-state index contributed by atoms with van der Waals surface area (Å²) in [6, 6.07) is 20.0. The van der Waals surface area contributed by atoms with E-state index in [9.17, 15) is 4.79 Å². The zero-order valence-corrected chi connectivity index (χ0v) is 18.7. The molecule has 0 spiro atoms. The lowest BCUT2D eigenvalue weighted by Gasteiger charge is -2.21. The van der Waals surface area contributed by atoms with Gasteiger partial charge in [0.25, 0.3) is 0 Å². The number of Topliss-reactive ketones (excluding diaryl/α,β-unsaturated/α-hetero) is 1. The summed E-state index contributed by atoms with van der Waals surface area (Å²) in [6.07, 6.45) is 3.16. The van der Waals surface area contributed by atoms with E-state index in [1.807, 2.05) is 54.6 Å². The maximum atomic E-state index is 13.5. The third kappa shape index (κ3) is 4.68. The highest BCUT2D eigenvalue weighted by atomic mass is 32.2. The van der Waals surface area contributed by atoms with E-state index in [1.54, 1.807) is 37.7 Å². The Kier molecular flexibility index (Phi) is 6.70. The number of hydrogen-bond acceptors (Lipinski definition) is 5. The monoisotopic (exact) mass is 436 g/mol. The molecule has 0 amide bonds. The first-order valence-corrected chi connectivity index (χ1v) is 12.0. The number of ether oxygens (including phenoxy) is 2. The first-order valence-electron chi connectivity index (χ1n) is 9.89. The maximum absolute atomic E-state index is 13.5. The molecule has 0 aliphatic carbocycles. The van der Waals surface area contributed by atoms with Crippen molar-refractivity contribution in [1.29, 1.82) is 0 Å². The Bertz CT molecular complexity index is 1070. The molecule has 0 saturated carbocycles. The average molecular weight is 437 g/mol. The minimum atomic E-state index is -0.0465. The lowest BCUT2D eigenvalue weighted by molar-refractivity contribution is -0.112. The van der Waals surface area contributed by atoms with E-state index >= 15 is 0 Å². The van der Waals surface area contributed by atoms with Crippen molar-refractivity contribution in [3.8, 4) is 11.5 Å². The topological polar surface area (TPSA) is 35.5 Å². The smallest absolute Gasteiger partial charge is 0.186 e. The normalized spacial score (nSPS) is 15.2. The Morgan fingerprint density at radius 3 is 2.20 bits per heavy atom. The van der Waals surface area contributed by atoms with Crippen LogP contribution in [0.3, 0.4) is 0 Å². The molecule has 0 unspecified atom stereocenters. The molecular weight excluding hydrogens is 412 g/mol. The molecule has 0 radical (unpaired) electrons. The number of carbonyl (C=O) groups excluding carboxylic acids is 1. The van der Waals surface area contributed by atoms with Crippen LogP contribution in [-0.2, 0) is 4.79 Å². The number of allylic oxidation sites excluding steroid dienone is 1. The molecule has 0 atom stereocenters. The van der Waals surface area contributed by atoms with Crippen LogP contribution >= 0.6 is 23.5 Å². The fraction of sp³-hybridized carbons (Fsp3) is 0.240. The van der Waals surface area contributed by atoms with Crippen LogP contribution in [0.5, 0.6) is 11.5 Å². The van der Waals surface area contributed by atoms with Crippen LogP contribution in [0.25, 0.3) is 22.4 Å². The lowest BCUT2D eigenvalue weighted by atomic mass is 9.96. The van der Waals surface area contributed by atoms with Gasteiger partial charge in [-0.1, -0.05) is 30.3 Å². The summed E-state index contributed by atoms with van der Waals surface area (Å²) in [5.41, 5.74) is 2.69. The van der Waals surface area contributed by atoms with Crippen LogP contribution in [0.4, 0.5) is 0 Å². The van der Waals surface area contributed by atoms with Crippen LogP contribution in [0.15, 0.2) is 60.7 Å². The Labute approximate surface area is 185 Å². The quantitative estimate of drug-likeness (QED) is 0.341. The van der Waals surface area contributed by atoms with E-state index < -0.39 is 0 Å². The van der Waals surface area contributed by atoms with Crippen molar-refractivity contribution < 1.29 is 14.3 Å². The highest BCUT2D eigenvalue weighted by molar-refractivity contribution is 8.18. The summed E-state index contributed by atoms with van der Waals surface area (Å²) in [7, 11) is 3.32. The number of thioether (sulfide) groups is 2. The number of benzene rings is 3. The van der Waals surface area contributed by atoms with Gasteiger partial charge in [-0.15, -0.1) is 23.5 Å². The number of ketones is 1. The fourth-order valence-electron chi connectivity index (χ4n) is 3.45. The van der Waals surface area contributed by atoms with Crippen LogP contribution in [0, 0.1) is 0 Å². The van der Waals surface area contributed by atoms with Crippen LogP contribution in [0.2, 0.25) is 0 Å². The van der Waals surface area contributed by atoms with Crippen molar-refractivity contribution in [2.24, 2.45) is 0 Å². The first kappa shape index (κ1) is 20.9. The lowest BCUT2D eigenvalue weighted by Crippen LogP contribution is -2.19. The number of fused-ring (bicyclic) bond motifs is 1. The van der Waals surface area contributed by atoms with Gasteiger partial charge in [-0.3, -0.25) is 4.79 Å². The van der Waals surface area contributed by atoms with Gasteiger partial charge in [-0.2, -0.15) is 0 Å². The number of rotatable bonds is 6. The van der Waals surface area contributed by atoms with Gasteiger partial charge in [-0.05, 0) is 76.2 Å². The molecule has 1 fully saturated rings. The van der Waals surface area contributed by atoms with Crippen molar-refractivity contribution in [2.45, 2.75) is 11.0 Å². The van der Waals surface area contributed by atoms with Crippen molar-refractivity contribution in [1.82, 2.24) is 0 Å². The molecule has 3 aromatic carbocycles. The van der Waals surface area contributed by atoms with Crippen molar-refractivity contribution in [2.75, 3.05) is 25.7 Å². The first-order chi connectivity index (χ1) is 14.7. The van der Waals surface area contributed by atoms with Gasteiger partial charge in [0.15, 0.2) is 5.78 Å². The largest absolute Gasteiger partial charge is 0.497 e. The van der Waals surface area contributed by atoms with Crippen molar-refractivity contribution >= 4 is 51.7 Å². The molecular formula is C25H24O3S2. The highest BCUT2D eigenvalue weighted by Gasteiger charge is 2.26. The molecule has 154 valence electrons. The van der Waals surface area contributed by atoms with Gasteiger partial charge in [0.1, 0.15) is 16.1 Å². The number of hydrogen-bond donors (Lipinski definition) is 0. The summed E-state index contributed by atoms with van der Waals surface area (Å²) in [4.78, 5) is 13.5. The van der Waals surface area contributed by atoms with Gasteiger partial charge < -0.3 is 9.47 Å². The van der Waals surface area contributed by atoms with Crippen LogP contribution in [-0.4, -0.2) is 36.1 Å². The summed E-state index contributed by atoms with van der Waals surface area (Å²) in [6.45, 7) is 0. The average Bonchev–Trinajstić information content (AvgIpc) is 2.82. The molecule has 0 N–H and O–H groups in total. The molecule has 1 heterocycles. The molecule has 0 aromatic heterocycles. The number of carbonyl (C=O) groups is 1. The molecule has 3 aromatic rings. The molecule has 4 rings (SSSR count). The minimum absolute atomic E-state index is 0.0465. The zero-order valence-electron chi connectivity index (χ0n) is 17.1. The Morgan fingerprint density at radius 1 is 0.867 bits per heavy atom. The second kappa shape index (κ2) is 9.63. The highest BCUT2D eigenvalue weighted by Crippen LogP contribution is 2.36. The van der Waals surface area contributed by atoms with Crippen LogP contribution in [0.1, 0.15) is 17.5 Å². The second-order valence-electron chi connectivity index (χ2n) is 7.05. The predicted octanol–water partition coefficient (Wildman–Crippen LogP) is 6.16. The molecule has 5 heteroatoms. The summed E-state index contributed by atoms with van der Waals surface area (Å²) >= 11 is 3.51. The number of methoxy groups -OCH3 is 2. The van der Waals surface area contributed by atoms with Gasteiger partial charge in [0.2, 0.25) is 0 Å². The van der Waals surface area contributed by atoms with E-state index in [-0.39, 0.29) is 10.4 Å². The van der Waals surface area contributed by atoms with Gasteiger partial charge >= 0.3 is 0 Å². The molecule has 1 aliphatic rings. The molecule has 30 heavy (non-hydrogen) atoms. The summed E-state index contributed by atoms with van der Waals surface area (Å²) in [5, 5.41) is 2.18. The third-order valence-corrected chi connectivity index (χ3v) is 7.99. The Balaban J connectivity index is 1.76. The second-order valence-corrected chi connectivity index (χ2v) is 9.77. The molecule has 0 bridgehead atoms. The van der Waals surface area contributed by atoms with E-state index in [1.165, 1.54) is 0 Å². The maximum Gasteiger partial charge on any atom is 0.186 e. The summed E-state index contributed by atoms with van der Waals surface area (Å²) in [5.74, 6) is 3.90. The van der Waals surface area contributed by atoms with Crippen molar-refractivity contribution in [3.63, 3.8) is 0 Å². The SMILES string of the molecule is COc1ccc(/C=C(/C(=O)C2SCCCS2)c2ccc3cc(OC)ccc3c2)cc1. The third-order valence-electron chi connectivity index (χ3n) is 5.09. The van der Waals surface area contributed by atoms with Crippen molar-refractivity contribution in [3.05, 3.63) is 71.8 Å². The van der Waals surface area contributed by atoms with E-state index in [2.05, 4.69) is 12.1 Å². The Hall–Kier alpha value is -2.37. The molecule has 3 nitrogen and oxygen atoms in total. The van der Waals surface area contributed by atoms with E-state index in [0.29, 0.717) is 0 Å².